The van der Waals surface area contributed by atoms with Gasteiger partial charge in [-0.1, -0.05) is 78.7 Å². The van der Waals surface area contributed by atoms with Gasteiger partial charge >= 0.3 is 6.03 Å². The number of nitrogens with one attached hydrogen (secondary N) is 3. The summed E-state index contributed by atoms with van der Waals surface area (Å²) in [5.74, 6) is -0.394. The third kappa shape index (κ3) is 6.37. The largest absolute Gasteiger partial charge is 0.326 e. The minimum Gasteiger partial charge on any atom is -0.326 e. The Hall–Kier alpha value is -2.78. The van der Waals surface area contributed by atoms with E-state index in [9.17, 15) is 9.59 Å². The summed E-state index contributed by atoms with van der Waals surface area (Å²) < 4.78 is 0.937. The summed E-state index contributed by atoms with van der Waals surface area (Å²) in [5.41, 5.74) is 2.71. The first-order chi connectivity index (χ1) is 15.4. The van der Waals surface area contributed by atoms with E-state index in [1.54, 1.807) is 0 Å². The van der Waals surface area contributed by atoms with Crippen molar-refractivity contribution in [3.63, 3.8) is 0 Å². The van der Waals surface area contributed by atoms with Crippen LogP contribution in [-0.4, -0.2) is 28.2 Å². The Morgan fingerprint density at radius 2 is 1.84 bits per heavy atom. The highest BCUT2D eigenvalue weighted by Crippen LogP contribution is 2.28. The molecule has 1 heterocycles. The molecular weight excluding hydrogens is 490 g/mol. The molecule has 3 aromatic rings. The molecule has 3 N–H and O–H groups in total. The van der Waals surface area contributed by atoms with Gasteiger partial charge in [0, 0.05) is 15.7 Å². The van der Waals surface area contributed by atoms with E-state index >= 15 is 0 Å². The van der Waals surface area contributed by atoms with Crippen molar-refractivity contribution >= 4 is 50.0 Å². The Kier molecular flexibility index (Phi) is 8.35. The van der Waals surface area contributed by atoms with Crippen LogP contribution in [0.5, 0.6) is 0 Å². The molecule has 7 nitrogen and oxygen atoms in total. The highest BCUT2D eigenvalue weighted by molar-refractivity contribution is 9.10. The van der Waals surface area contributed by atoms with Crippen LogP contribution in [0.1, 0.15) is 32.8 Å². The molecule has 0 spiro atoms. The Labute approximate surface area is 200 Å². The van der Waals surface area contributed by atoms with E-state index in [-0.39, 0.29) is 11.8 Å². The maximum absolute atomic E-state index is 13.0. The fourth-order valence-electron chi connectivity index (χ4n) is 3.07. The zero-order valence-corrected chi connectivity index (χ0v) is 20.6. The fourth-order valence-corrected chi connectivity index (χ4v) is 4.22. The third-order valence-electron chi connectivity index (χ3n) is 5.10. The van der Waals surface area contributed by atoms with Crippen molar-refractivity contribution in [1.29, 1.82) is 0 Å². The molecule has 3 rings (SSSR count). The number of carbonyl (C=O) groups excluding carboxylic acids is 2. The lowest BCUT2D eigenvalue weighted by Gasteiger charge is -2.23. The van der Waals surface area contributed by atoms with Gasteiger partial charge < -0.3 is 10.6 Å². The summed E-state index contributed by atoms with van der Waals surface area (Å²) in [6.45, 7) is 5.96. The fraction of sp³-hybridized carbons (Fsp3) is 0.304. The van der Waals surface area contributed by atoms with E-state index in [1.165, 1.54) is 11.3 Å². The van der Waals surface area contributed by atoms with E-state index in [0.29, 0.717) is 15.8 Å². The number of hydrogen-bond acceptors (Lipinski definition) is 5. The minimum atomic E-state index is -0.715. The monoisotopic (exact) mass is 515 g/mol. The van der Waals surface area contributed by atoms with Crippen molar-refractivity contribution in [2.45, 2.75) is 39.7 Å². The predicted molar refractivity (Wildman–Crippen MR) is 133 cm³/mol. The number of amides is 3. The van der Waals surface area contributed by atoms with Gasteiger partial charge in [0.25, 0.3) is 0 Å². The normalized spacial score (nSPS) is 12.6. The lowest BCUT2D eigenvalue weighted by molar-refractivity contribution is -0.119. The van der Waals surface area contributed by atoms with E-state index in [2.05, 4.69) is 49.0 Å². The number of carbonyl (C=O) groups is 2. The lowest BCUT2D eigenvalue weighted by Crippen LogP contribution is -2.49. The molecule has 168 valence electrons. The zero-order chi connectivity index (χ0) is 23.1. The van der Waals surface area contributed by atoms with Gasteiger partial charge in [0.2, 0.25) is 11.0 Å². The van der Waals surface area contributed by atoms with Crippen LogP contribution >= 0.6 is 27.3 Å². The van der Waals surface area contributed by atoms with Gasteiger partial charge in [0.05, 0.1) is 0 Å². The molecular formula is C23H26BrN5O2S. The first-order valence-corrected chi connectivity index (χ1v) is 12.1. The van der Waals surface area contributed by atoms with Crippen LogP contribution < -0.4 is 16.0 Å². The van der Waals surface area contributed by atoms with E-state index in [0.717, 1.165) is 28.4 Å². The average Bonchev–Trinajstić information content (AvgIpc) is 3.25. The Bertz CT molecular complexity index is 1090. The first-order valence-electron chi connectivity index (χ1n) is 10.5. The van der Waals surface area contributed by atoms with Crippen molar-refractivity contribution in [2.24, 2.45) is 5.92 Å². The molecule has 0 aliphatic rings. The standard InChI is InChI=1S/C23H26BrN5O2S/c1-4-14(3)19(26-22(31)25-18-11-6-8-15(5-2)12-18)20(30)27-23-29-28-21(32-23)16-9-7-10-17(24)13-16/h6-14,19H,4-5H2,1-3H3,(H2,25,26,31)(H,27,29,30)/t14-,19-/m0/s1. The number of urea groups is 1. The molecule has 0 unspecified atom stereocenters. The van der Waals surface area contributed by atoms with Crippen LogP contribution in [0, 0.1) is 5.92 Å². The van der Waals surface area contributed by atoms with E-state index in [1.807, 2.05) is 62.4 Å². The highest BCUT2D eigenvalue weighted by Gasteiger charge is 2.27. The van der Waals surface area contributed by atoms with Crippen molar-refractivity contribution in [3.8, 4) is 10.6 Å². The van der Waals surface area contributed by atoms with Crippen LogP contribution in [-0.2, 0) is 11.2 Å². The molecule has 2 atom stereocenters. The number of rotatable bonds is 8. The summed E-state index contributed by atoms with van der Waals surface area (Å²) >= 11 is 4.73. The summed E-state index contributed by atoms with van der Waals surface area (Å²) in [6, 6.07) is 14.2. The maximum Gasteiger partial charge on any atom is 0.319 e. The SMILES string of the molecule is CCc1cccc(NC(=O)N[C@H](C(=O)Nc2nnc(-c3cccc(Br)c3)s2)[C@@H](C)CC)c1. The number of aryl methyl sites for hydroxylation is 1. The van der Waals surface area contributed by atoms with Crippen LogP contribution in [0.4, 0.5) is 15.6 Å². The Morgan fingerprint density at radius 3 is 2.56 bits per heavy atom. The lowest BCUT2D eigenvalue weighted by atomic mass is 9.98. The molecule has 0 aliphatic carbocycles. The predicted octanol–water partition coefficient (Wildman–Crippen LogP) is 5.70. The quantitative estimate of drug-likeness (QED) is 0.358. The van der Waals surface area contributed by atoms with Crippen LogP contribution in [0.2, 0.25) is 0 Å². The summed E-state index contributed by atoms with van der Waals surface area (Å²) in [6.07, 6.45) is 1.60. The van der Waals surface area contributed by atoms with Gasteiger partial charge in [0.15, 0.2) is 0 Å². The summed E-state index contributed by atoms with van der Waals surface area (Å²) in [5, 5.41) is 17.8. The minimum absolute atomic E-state index is 0.0693. The molecule has 2 aromatic carbocycles. The molecule has 0 saturated carbocycles. The molecule has 1 aromatic heterocycles. The van der Waals surface area contributed by atoms with Crippen molar-refractivity contribution < 1.29 is 9.59 Å². The smallest absolute Gasteiger partial charge is 0.319 e. The number of hydrogen-bond donors (Lipinski definition) is 3. The molecule has 9 heteroatoms. The van der Waals surface area contributed by atoms with E-state index in [4.69, 9.17) is 0 Å². The average molecular weight is 516 g/mol. The second-order valence-electron chi connectivity index (χ2n) is 7.43. The van der Waals surface area contributed by atoms with Crippen LogP contribution in [0.3, 0.4) is 0 Å². The van der Waals surface area contributed by atoms with Crippen molar-refractivity contribution in [3.05, 3.63) is 58.6 Å². The summed E-state index contributed by atoms with van der Waals surface area (Å²) in [4.78, 5) is 25.6. The van der Waals surface area contributed by atoms with Gasteiger partial charge in [-0.25, -0.2) is 4.79 Å². The number of aromatic nitrogens is 2. The molecule has 0 aliphatic heterocycles. The molecule has 3 amide bonds. The van der Waals surface area contributed by atoms with Gasteiger partial charge in [-0.05, 0) is 42.2 Å². The highest BCUT2D eigenvalue weighted by atomic mass is 79.9. The first kappa shape index (κ1) is 23.9. The van der Waals surface area contributed by atoms with Crippen molar-refractivity contribution in [1.82, 2.24) is 15.5 Å². The Morgan fingerprint density at radius 1 is 1.06 bits per heavy atom. The van der Waals surface area contributed by atoms with E-state index < -0.39 is 12.1 Å². The second-order valence-corrected chi connectivity index (χ2v) is 9.32. The number of halogens is 1. The molecule has 0 bridgehead atoms. The van der Waals surface area contributed by atoms with Crippen molar-refractivity contribution in [2.75, 3.05) is 10.6 Å². The van der Waals surface area contributed by atoms with Gasteiger partial charge in [-0.15, -0.1) is 10.2 Å². The van der Waals surface area contributed by atoms with Gasteiger partial charge in [0.1, 0.15) is 11.0 Å². The molecule has 32 heavy (non-hydrogen) atoms. The second kappa shape index (κ2) is 11.2. The van der Waals surface area contributed by atoms with Crippen LogP contribution in [0.25, 0.3) is 10.6 Å². The number of benzene rings is 2. The van der Waals surface area contributed by atoms with Crippen LogP contribution in [0.15, 0.2) is 53.0 Å². The molecule has 0 fully saturated rings. The number of nitrogens with zero attached hydrogens (tertiary/aromatic N) is 2. The zero-order valence-electron chi connectivity index (χ0n) is 18.2. The topological polar surface area (TPSA) is 96.0 Å². The summed E-state index contributed by atoms with van der Waals surface area (Å²) in [7, 11) is 0. The number of anilines is 2. The van der Waals surface area contributed by atoms with Gasteiger partial charge in [-0.3, -0.25) is 10.1 Å². The van der Waals surface area contributed by atoms with Gasteiger partial charge in [-0.2, -0.15) is 0 Å². The molecule has 0 radical (unpaired) electrons. The Balaban J connectivity index is 1.67. The third-order valence-corrected chi connectivity index (χ3v) is 6.48. The maximum atomic E-state index is 13.0. The molecule has 0 saturated heterocycles.